The standard InChI is InChI=1S/C12H17NO/c1-3-10-6-5-9(8-12(13)14)7-11(10)4-2/h5-7H,3-4,8H2,1-2H3,(H2,13,14). The van der Waals surface area contributed by atoms with Crippen LogP contribution in [0.3, 0.4) is 0 Å². The van der Waals surface area contributed by atoms with Crippen molar-refractivity contribution >= 4 is 5.91 Å². The van der Waals surface area contributed by atoms with Gasteiger partial charge in [-0.1, -0.05) is 32.0 Å². The molecule has 0 bridgehead atoms. The largest absolute Gasteiger partial charge is 0.369 e. The van der Waals surface area contributed by atoms with Crippen molar-refractivity contribution < 1.29 is 4.79 Å². The summed E-state index contributed by atoms with van der Waals surface area (Å²) in [5.41, 5.74) is 8.85. The van der Waals surface area contributed by atoms with Crippen molar-refractivity contribution in [2.24, 2.45) is 5.73 Å². The summed E-state index contributed by atoms with van der Waals surface area (Å²) < 4.78 is 0. The van der Waals surface area contributed by atoms with E-state index in [4.69, 9.17) is 5.73 Å². The fourth-order valence-corrected chi connectivity index (χ4v) is 1.66. The molecule has 0 saturated carbocycles. The predicted octanol–water partition coefficient (Wildman–Crippen LogP) is 1.84. The molecule has 0 radical (unpaired) electrons. The molecule has 0 saturated heterocycles. The molecule has 0 spiro atoms. The first-order chi connectivity index (χ1) is 6.67. The van der Waals surface area contributed by atoms with Crippen molar-refractivity contribution in [2.45, 2.75) is 33.1 Å². The van der Waals surface area contributed by atoms with Crippen LogP contribution in [0.5, 0.6) is 0 Å². The lowest BCUT2D eigenvalue weighted by atomic mass is 9.99. The second kappa shape index (κ2) is 4.80. The number of rotatable bonds is 4. The van der Waals surface area contributed by atoms with Crippen molar-refractivity contribution in [1.82, 2.24) is 0 Å². The summed E-state index contributed by atoms with van der Waals surface area (Å²) in [5, 5.41) is 0. The zero-order chi connectivity index (χ0) is 10.6. The SMILES string of the molecule is CCc1ccc(CC(N)=O)cc1CC. The van der Waals surface area contributed by atoms with Gasteiger partial charge in [-0.2, -0.15) is 0 Å². The maximum atomic E-state index is 10.7. The fraction of sp³-hybridized carbons (Fsp3) is 0.417. The highest BCUT2D eigenvalue weighted by Gasteiger charge is 2.02. The van der Waals surface area contributed by atoms with Gasteiger partial charge in [0, 0.05) is 0 Å². The first-order valence-corrected chi connectivity index (χ1v) is 5.06. The summed E-state index contributed by atoms with van der Waals surface area (Å²) in [6.45, 7) is 4.27. The minimum Gasteiger partial charge on any atom is -0.369 e. The van der Waals surface area contributed by atoms with Crippen molar-refractivity contribution in [3.8, 4) is 0 Å². The summed E-state index contributed by atoms with van der Waals surface area (Å²) in [6.07, 6.45) is 2.40. The Bertz CT molecular complexity index is 331. The van der Waals surface area contributed by atoms with Gasteiger partial charge in [-0.15, -0.1) is 0 Å². The van der Waals surface area contributed by atoms with Gasteiger partial charge in [0.1, 0.15) is 0 Å². The molecule has 1 amide bonds. The third-order valence-corrected chi connectivity index (χ3v) is 2.41. The molecular weight excluding hydrogens is 174 g/mol. The molecule has 0 aliphatic heterocycles. The maximum absolute atomic E-state index is 10.7. The summed E-state index contributed by atoms with van der Waals surface area (Å²) in [6, 6.07) is 6.17. The van der Waals surface area contributed by atoms with E-state index in [0.29, 0.717) is 6.42 Å². The second-order valence-corrected chi connectivity index (χ2v) is 3.45. The van der Waals surface area contributed by atoms with Crippen LogP contribution < -0.4 is 5.73 Å². The maximum Gasteiger partial charge on any atom is 0.221 e. The number of carbonyl (C=O) groups excluding carboxylic acids is 1. The van der Waals surface area contributed by atoms with Gasteiger partial charge in [-0.05, 0) is 29.5 Å². The molecule has 0 heterocycles. The number of hydrogen-bond acceptors (Lipinski definition) is 1. The van der Waals surface area contributed by atoms with E-state index in [2.05, 4.69) is 26.0 Å². The Kier molecular flexibility index (Phi) is 3.69. The molecule has 1 aromatic rings. The van der Waals surface area contributed by atoms with Crippen molar-refractivity contribution in [3.63, 3.8) is 0 Å². The Labute approximate surface area is 85.1 Å². The highest BCUT2D eigenvalue weighted by Crippen LogP contribution is 2.13. The zero-order valence-electron chi connectivity index (χ0n) is 8.84. The van der Waals surface area contributed by atoms with Gasteiger partial charge in [-0.3, -0.25) is 4.79 Å². The monoisotopic (exact) mass is 191 g/mol. The van der Waals surface area contributed by atoms with Crippen LogP contribution in [-0.2, 0) is 24.1 Å². The topological polar surface area (TPSA) is 43.1 Å². The molecule has 14 heavy (non-hydrogen) atoms. The van der Waals surface area contributed by atoms with Gasteiger partial charge in [0.25, 0.3) is 0 Å². The molecule has 1 rings (SSSR count). The Balaban J connectivity index is 2.95. The van der Waals surface area contributed by atoms with Crippen LogP contribution in [0.1, 0.15) is 30.5 Å². The van der Waals surface area contributed by atoms with E-state index in [9.17, 15) is 4.79 Å². The van der Waals surface area contributed by atoms with Crippen LogP contribution in [0.25, 0.3) is 0 Å². The molecule has 0 aliphatic rings. The Morgan fingerprint density at radius 1 is 1.21 bits per heavy atom. The summed E-state index contributed by atoms with van der Waals surface area (Å²) in [7, 11) is 0. The van der Waals surface area contributed by atoms with E-state index in [-0.39, 0.29) is 5.91 Å². The molecule has 0 unspecified atom stereocenters. The lowest BCUT2D eigenvalue weighted by molar-refractivity contribution is -0.117. The van der Waals surface area contributed by atoms with E-state index in [0.717, 1.165) is 18.4 Å². The molecule has 0 aliphatic carbocycles. The number of hydrogen-bond donors (Lipinski definition) is 1. The van der Waals surface area contributed by atoms with E-state index < -0.39 is 0 Å². The third kappa shape index (κ3) is 2.59. The van der Waals surface area contributed by atoms with E-state index in [1.54, 1.807) is 0 Å². The van der Waals surface area contributed by atoms with Crippen LogP contribution in [0.2, 0.25) is 0 Å². The van der Waals surface area contributed by atoms with Gasteiger partial charge >= 0.3 is 0 Å². The van der Waals surface area contributed by atoms with E-state index >= 15 is 0 Å². The predicted molar refractivity (Wildman–Crippen MR) is 58.1 cm³/mol. The van der Waals surface area contributed by atoms with Crippen LogP contribution >= 0.6 is 0 Å². The number of primary amides is 1. The number of amides is 1. The smallest absolute Gasteiger partial charge is 0.221 e. The molecule has 2 nitrogen and oxygen atoms in total. The van der Waals surface area contributed by atoms with Crippen LogP contribution in [0.4, 0.5) is 0 Å². The van der Waals surface area contributed by atoms with Crippen molar-refractivity contribution in [2.75, 3.05) is 0 Å². The number of aryl methyl sites for hydroxylation is 2. The van der Waals surface area contributed by atoms with Crippen molar-refractivity contribution in [3.05, 3.63) is 34.9 Å². The van der Waals surface area contributed by atoms with Crippen molar-refractivity contribution in [1.29, 1.82) is 0 Å². The lowest BCUT2D eigenvalue weighted by Crippen LogP contribution is -2.13. The average Bonchev–Trinajstić information content (AvgIpc) is 2.16. The second-order valence-electron chi connectivity index (χ2n) is 3.45. The molecule has 1 aromatic carbocycles. The number of nitrogens with two attached hydrogens (primary N) is 1. The molecule has 0 aromatic heterocycles. The molecule has 76 valence electrons. The van der Waals surface area contributed by atoms with E-state index in [1.165, 1.54) is 11.1 Å². The van der Waals surface area contributed by atoms with Gasteiger partial charge in [0.2, 0.25) is 5.91 Å². The summed E-state index contributed by atoms with van der Waals surface area (Å²) in [4.78, 5) is 10.7. The molecule has 0 atom stereocenters. The van der Waals surface area contributed by atoms with Crippen LogP contribution in [0.15, 0.2) is 18.2 Å². The molecule has 2 heteroatoms. The number of benzene rings is 1. The summed E-state index contributed by atoms with van der Waals surface area (Å²) >= 11 is 0. The molecule has 2 N–H and O–H groups in total. The highest BCUT2D eigenvalue weighted by atomic mass is 16.1. The minimum absolute atomic E-state index is 0.267. The first-order valence-electron chi connectivity index (χ1n) is 5.06. The van der Waals surface area contributed by atoms with Gasteiger partial charge in [0.15, 0.2) is 0 Å². The van der Waals surface area contributed by atoms with Gasteiger partial charge < -0.3 is 5.73 Å². The Hall–Kier alpha value is -1.31. The third-order valence-electron chi connectivity index (χ3n) is 2.41. The van der Waals surface area contributed by atoms with E-state index in [1.807, 2.05) is 6.07 Å². The average molecular weight is 191 g/mol. The molecular formula is C12H17NO. The van der Waals surface area contributed by atoms with Crippen LogP contribution in [-0.4, -0.2) is 5.91 Å². The quantitative estimate of drug-likeness (QED) is 0.775. The normalized spacial score (nSPS) is 10.1. The minimum atomic E-state index is -0.267. The fourth-order valence-electron chi connectivity index (χ4n) is 1.66. The van der Waals surface area contributed by atoms with Gasteiger partial charge in [-0.25, -0.2) is 0 Å². The first kappa shape index (κ1) is 10.8. The molecule has 0 fully saturated rings. The zero-order valence-corrected chi connectivity index (χ0v) is 8.84. The van der Waals surface area contributed by atoms with Crippen LogP contribution in [0, 0.1) is 0 Å². The van der Waals surface area contributed by atoms with Gasteiger partial charge in [0.05, 0.1) is 6.42 Å². The highest BCUT2D eigenvalue weighted by molar-refractivity contribution is 5.76. The number of carbonyl (C=O) groups is 1. The Morgan fingerprint density at radius 3 is 2.36 bits per heavy atom. The lowest BCUT2D eigenvalue weighted by Gasteiger charge is -2.07. The summed E-state index contributed by atoms with van der Waals surface area (Å²) in [5.74, 6) is -0.267. The Morgan fingerprint density at radius 2 is 1.86 bits per heavy atom.